The van der Waals surface area contributed by atoms with Crippen molar-refractivity contribution in [3.63, 3.8) is 0 Å². The van der Waals surface area contributed by atoms with E-state index in [4.69, 9.17) is 17.3 Å². The Labute approximate surface area is 154 Å². The van der Waals surface area contributed by atoms with E-state index in [1.807, 2.05) is 19.1 Å². The third kappa shape index (κ3) is 4.39. The predicted molar refractivity (Wildman–Crippen MR) is 102 cm³/mol. The van der Waals surface area contributed by atoms with Gasteiger partial charge in [-0.05, 0) is 41.5 Å². The van der Waals surface area contributed by atoms with Gasteiger partial charge in [0.15, 0.2) is 0 Å². The Morgan fingerprint density at radius 3 is 2.24 bits per heavy atom. The van der Waals surface area contributed by atoms with Crippen LogP contribution in [0.15, 0.2) is 24.3 Å². The molecule has 0 radical (unpaired) electrons. The minimum Gasteiger partial charge on any atom is -0.478 e. The molecule has 0 aliphatic rings. The summed E-state index contributed by atoms with van der Waals surface area (Å²) in [6.45, 7) is 8.55. The normalized spacial score (nSPS) is 11.6. The molecule has 0 spiro atoms. The lowest BCUT2D eigenvalue weighted by Crippen LogP contribution is -2.19. The van der Waals surface area contributed by atoms with E-state index in [2.05, 4.69) is 25.8 Å². The van der Waals surface area contributed by atoms with Gasteiger partial charge in [-0.25, -0.2) is 4.79 Å². The lowest BCUT2D eigenvalue weighted by atomic mass is 9.85. The van der Waals surface area contributed by atoms with Crippen molar-refractivity contribution in [2.45, 2.75) is 47.1 Å². The van der Waals surface area contributed by atoms with Crippen molar-refractivity contribution < 1.29 is 9.90 Å². The van der Waals surface area contributed by atoms with Gasteiger partial charge in [-0.15, -0.1) is 0 Å². The summed E-state index contributed by atoms with van der Waals surface area (Å²) in [6.07, 6.45) is 1.28. The van der Waals surface area contributed by atoms with Gasteiger partial charge >= 0.3 is 5.97 Å². The van der Waals surface area contributed by atoms with Gasteiger partial charge in [0.25, 0.3) is 0 Å². The van der Waals surface area contributed by atoms with Crippen molar-refractivity contribution in [2.24, 2.45) is 11.1 Å². The first-order valence-corrected chi connectivity index (χ1v) is 8.79. The monoisotopic (exact) mass is 360 g/mol. The first-order valence-electron chi connectivity index (χ1n) is 8.41. The number of pyridine rings is 1. The second kappa shape index (κ2) is 7.54. The Morgan fingerprint density at radius 1 is 1.20 bits per heavy atom. The molecule has 25 heavy (non-hydrogen) atoms. The number of nitrogens with two attached hydrogens (primary N) is 1. The SMILES string of the molecule is CCc1nc(CC(C)(C)C)c(CN)c(-c2ccc(Cl)cc2)c1C(=O)O. The number of hydrogen-bond donors (Lipinski definition) is 2. The Balaban J connectivity index is 2.85. The van der Waals surface area contributed by atoms with E-state index < -0.39 is 5.97 Å². The Bertz CT molecular complexity index is 778. The Kier molecular flexibility index (Phi) is 5.86. The average Bonchev–Trinajstić information content (AvgIpc) is 2.52. The molecule has 0 amide bonds. The maximum absolute atomic E-state index is 12.0. The molecule has 0 unspecified atom stereocenters. The second-order valence-electron chi connectivity index (χ2n) is 7.34. The summed E-state index contributed by atoms with van der Waals surface area (Å²) in [6, 6.07) is 7.20. The van der Waals surface area contributed by atoms with Crippen molar-refractivity contribution in [3.05, 3.63) is 51.8 Å². The third-order valence-electron chi connectivity index (χ3n) is 4.04. The van der Waals surface area contributed by atoms with Gasteiger partial charge in [0.05, 0.1) is 11.3 Å². The van der Waals surface area contributed by atoms with Crippen molar-refractivity contribution in [3.8, 4) is 11.1 Å². The van der Waals surface area contributed by atoms with Gasteiger partial charge in [-0.2, -0.15) is 0 Å². The molecular weight excluding hydrogens is 336 g/mol. The number of aromatic nitrogens is 1. The number of carbonyl (C=O) groups is 1. The summed E-state index contributed by atoms with van der Waals surface area (Å²) in [4.78, 5) is 16.7. The highest BCUT2D eigenvalue weighted by atomic mass is 35.5. The highest BCUT2D eigenvalue weighted by Crippen LogP contribution is 2.34. The molecule has 2 aromatic rings. The fraction of sp³-hybridized carbons (Fsp3) is 0.400. The highest BCUT2D eigenvalue weighted by Gasteiger charge is 2.25. The molecule has 0 fully saturated rings. The van der Waals surface area contributed by atoms with E-state index in [1.54, 1.807) is 12.1 Å². The van der Waals surface area contributed by atoms with Crippen molar-refractivity contribution in [2.75, 3.05) is 0 Å². The smallest absolute Gasteiger partial charge is 0.338 e. The van der Waals surface area contributed by atoms with Crippen LogP contribution in [-0.4, -0.2) is 16.1 Å². The minimum atomic E-state index is -0.980. The zero-order valence-corrected chi connectivity index (χ0v) is 15.9. The number of aryl methyl sites for hydroxylation is 1. The van der Waals surface area contributed by atoms with E-state index in [9.17, 15) is 9.90 Å². The number of hydrogen-bond acceptors (Lipinski definition) is 3. The third-order valence-corrected chi connectivity index (χ3v) is 4.29. The van der Waals surface area contributed by atoms with E-state index in [0.29, 0.717) is 22.7 Å². The number of carboxylic acids is 1. The molecule has 0 aliphatic heterocycles. The van der Waals surface area contributed by atoms with Gasteiger partial charge in [-0.3, -0.25) is 4.98 Å². The molecule has 0 saturated carbocycles. The molecule has 4 nitrogen and oxygen atoms in total. The first-order chi connectivity index (χ1) is 11.7. The van der Waals surface area contributed by atoms with Crippen LogP contribution in [0.4, 0.5) is 0 Å². The van der Waals surface area contributed by atoms with Gasteiger partial charge in [0, 0.05) is 22.8 Å². The molecule has 134 valence electrons. The minimum absolute atomic E-state index is 0.0178. The van der Waals surface area contributed by atoms with Crippen molar-refractivity contribution >= 4 is 17.6 Å². The van der Waals surface area contributed by atoms with Crippen molar-refractivity contribution in [1.29, 1.82) is 0 Å². The summed E-state index contributed by atoms with van der Waals surface area (Å²) in [7, 11) is 0. The molecule has 5 heteroatoms. The van der Waals surface area contributed by atoms with E-state index in [-0.39, 0.29) is 17.5 Å². The van der Waals surface area contributed by atoms with Crippen LogP contribution in [0, 0.1) is 5.41 Å². The molecule has 0 atom stereocenters. The number of rotatable bonds is 5. The maximum atomic E-state index is 12.0. The molecule has 0 aliphatic carbocycles. The topological polar surface area (TPSA) is 76.2 Å². The van der Waals surface area contributed by atoms with Crippen LogP contribution in [0.2, 0.25) is 5.02 Å². The summed E-state index contributed by atoms with van der Waals surface area (Å²) < 4.78 is 0. The van der Waals surface area contributed by atoms with Gasteiger partial charge in [0.2, 0.25) is 0 Å². The lowest BCUT2D eigenvalue weighted by molar-refractivity contribution is 0.0696. The number of carboxylic acid groups (broad SMARTS) is 1. The van der Waals surface area contributed by atoms with Crippen LogP contribution >= 0.6 is 11.6 Å². The zero-order chi connectivity index (χ0) is 18.8. The maximum Gasteiger partial charge on any atom is 0.338 e. The molecule has 1 heterocycles. The van der Waals surface area contributed by atoms with Gasteiger partial charge < -0.3 is 10.8 Å². The van der Waals surface area contributed by atoms with E-state index in [0.717, 1.165) is 23.2 Å². The fourth-order valence-electron chi connectivity index (χ4n) is 3.02. The van der Waals surface area contributed by atoms with E-state index >= 15 is 0 Å². The number of halogens is 1. The van der Waals surface area contributed by atoms with E-state index in [1.165, 1.54) is 0 Å². The molecule has 1 aromatic heterocycles. The molecule has 2 rings (SSSR count). The summed E-state index contributed by atoms with van der Waals surface area (Å²) in [5.74, 6) is -0.980. The van der Waals surface area contributed by atoms with Gasteiger partial charge in [-0.1, -0.05) is 51.4 Å². The quantitative estimate of drug-likeness (QED) is 0.809. The summed E-state index contributed by atoms with van der Waals surface area (Å²) in [5.41, 5.74) is 10.0. The largest absolute Gasteiger partial charge is 0.478 e. The van der Waals surface area contributed by atoms with Crippen LogP contribution in [0.25, 0.3) is 11.1 Å². The predicted octanol–water partition coefficient (Wildman–Crippen LogP) is 4.71. The highest BCUT2D eigenvalue weighted by molar-refractivity contribution is 6.30. The Morgan fingerprint density at radius 2 is 1.80 bits per heavy atom. The Hall–Kier alpha value is -1.91. The van der Waals surface area contributed by atoms with Gasteiger partial charge in [0.1, 0.15) is 0 Å². The van der Waals surface area contributed by atoms with Crippen molar-refractivity contribution in [1.82, 2.24) is 4.98 Å². The fourth-order valence-corrected chi connectivity index (χ4v) is 3.14. The molecule has 1 aromatic carbocycles. The standard InChI is InChI=1S/C20H25ClN2O2/c1-5-15-18(19(24)25)17(12-6-8-13(21)9-7-12)14(11-22)16(23-15)10-20(2,3)4/h6-9H,5,10-11,22H2,1-4H3,(H,24,25). The summed E-state index contributed by atoms with van der Waals surface area (Å²) in [5, 5.41) is 10.4. The number of nitrogens with zero attached hydrogens (tertiary/aromatic N) is 1. The second-order valence-corrected chi connectivity index (χ2v) is 7.78. The summed E-state index contributed by atoms with van der Waals surface area (Å²) >= 11 is 6.00. The van der Waals surface area contributed by atoms with Crippen LogP contribution < -0.4 is 5.73 Å². The van der Waals surface area contributed by atoms with Crippen LogP contribution in [-0.2, 0) is 19.4 Å². The molecule has 0 saturated heterocycles. The molecule has 0 bridgehead atoms. The lowest BCUT2D eigenvalue weighted by Gasteiger charge is -2.23. The molecule has 3 N–H and O–H groups in total. The average molecular weight is 361 g/mol. The van der Waals surface area contributed by atoms with Crippen LogP contribution in [0.3, 0.4) is 0 Å². The van der Waals surface area contributed by atoms with Crippen LogP contribution in [0.1, 0.15) is 55.0 Å². The number of benzene rings is 1. The first kappa shape index (κ1) is 19.4. The number of aromatic carboxylic acids is 1. The van der Waals surface area contributed by atoms with Crippen LogP contribution in [0.5, 0.6) is 0 Å². The zero-order valence-electron chi connectivity index (χ0n) is 15.2. The molecular formula is C20H25ClN2O2.